The zero-order valence-corrected chi connectivity index (χ0v) is 12.6. The molecule has 4 heteroatoms. The van der Waals surface area contributed by atoms with Crippen molar-refractivity contribution in [2.75, 3.05) is 0 Å². The second-order valence-electron chi connectivity index (χ2n) is 5.29. The molecule has 0 amide bonds. The number of fused-ring (bicyclic) bond motifs is 3. The molecule has 20 heavy (non-hydrogen) atoms. The predicted molar refractivity (Wildman–Crippen MR) is 84.0 cm³/mol. The standard InChI is InChI=1S/C16H18ClN3/c1-3-11(2)10-20-15(8-17)19-14-9-18-13-7-5-4-6-12(13)16(14)20/h4-7,9,11H,3,8,10H2,1-2H3. The molecule has 0 aliphatic rings. The number of imidazole rings is 1. The molecule has 0 bridgehead atoms. The van der Waals surface area contributed by atoms with Gasteiger partial charge in [-0.2, -0.15) is 0 Å². The molecule has 0 aliphatic heterocycles. The summed E-state index contributed by atoms with van der Waals surface area (Å²) in [6.45, 7) is 5.42. The van der Waals surface area contributed by atoms with Crippen molar-refractivity contribution in [1.82, 2.24) is 14.5 Å². The van der Waals surface area contributed by atoms with Gasteiger partial charge in [0.1, 0.15) is 11.3 Å². The summed E-state index contributed by atoms with van der Waals surface area (Å²) in [5.74, 6) is 1.96. The van der Waals surface area contributed by atoms with Crippen molar-refractivity contribution in [2.24, 2.45) is 5.92 Å². The molecule has 0 N–H and O–H groups in total. The van der Waals surface area contributed by atoms with Crippen molar-refractivity contribution >= 4 is 33.5 Å². The Kier molecular flexibility index (Phi) is 3.62. The Morgan fingerprint density at radius 3 is 2.80 bits per heavy atom. The number of halogens is 1. The quantitative estimate of drug-likeness (QED) is 0.667. The van der Waals surface area contributed by atoms with Crippen molar-refractivity contribution in [1.29, 1.82) is 0 Å². The van der Waals surface area contributed by atoms with Crippen molar-refractivity contribution in [3.63, 3.8) is 0 Å². The third-order valence-corrected chi connectivity index (χ3v) is 4.11. The van der Waals surface area contributed by atoms with E-state index in [1.165, 1.54) is 0 Å². The molecule has 0 spiro atoms. The van der Waals surface area contributed by atoms with Crippen LogP contribution in [-0.2, 0) is 12.4 Å². The van der Waals surface area contributed by atoms with E-state index < -0.39 is 0 Å². The average Bonchev–Trinajstić information content (AvgIpc) is 2.85. The minimum Gasteiger partial charge on any atom is -0.326 e. The Hall–Kier alpha value is -1.61. The Balaban J connectivity index is 2.31. The number of para-hydroxylation sites is 1. The first-order chi connectivity index (χ1) is 9.74. The van der Waals surface area contributed by atoms with E-state index in [1.807, 2.05) is 24.4 Å². The summed E-state index contributed by atoms with van der Waals surface area (Å²) in [6, 6.07) is 8.20. The molecule has 0 radical (unpaired) electrons. The van der Waals surface area contributed by atoms with Gasteiger partial charge in [-0.05, 0) is 12.0 Å². The topological polar surface area (TPSA) is 30.7 Å². The first kappa shape index (κ1) is 13.4. The molecule has 1 unspecified atom stereocenters. The van der Waals surface area contributed by atoms with Crippen LogP contribution in [0.1, 0.15) is 26.1 Å². The van der Waals surface area contributed by atoms with E-state index in [9.17, 15) is 0 Å². The highest BCUT2D eigenvalue weighted by molar-refractivity contribution is 6.17. The fourth-order valence-corrected chi connectivity index (χ4v) is 2.75. The second-order valence-corrected chi connectivity index (χ2v) is 5.56. The van der Waals surface area contributed by atoms with Gasteiger partial charge < -0.3 is 4.57 Å². The minimum atomic E-state index is 0.430. The van der Waals surface area contributed by atoms with Crippen molar-refractivity contribution in [3.8, 4) is 0 Å². The van der Waals surface area contributed by atoms with E-state index in [4.69, 9.17) is 11.6 Å². The molecule has 3 rings (SSSR count). The molecule has 3 nitrogen and oxygen atoms in total. The molecule has 104 valence electrons. The van der Waals surface area contributed by atoms with Crippen molar-refractivity contribution in [2.45, 2.75) is 32.7 Å². The molecule has 0 saturated heterocycles. The van der Waals surface area contributed by atoms with Crippen molar-refractivity contribution in [3.05, 3.63) is 36.3 Å². The van der Waals surface area contributed by atoms with E-state index >= 15 is 0 Å². The number of pyridine rings is 1. The molecular formula is C16H18ClN3. The van der Waals surface area contributed by atoms with Crippen LogP contribution >= 0.6 is 11.6 Å². The summed E-state index contributed by atoms with van der Waals surface area (Å²) in [4.78, 5) is 9.12. The van der Waals surface area contributed by atoms with Gasteiger partial charge in [0.2, 0.25) is 0 Å². The highest BCUT2D eigenvalue weighted by Gasteiger charge is 2.14. The molecule has 3 aromatic rings. The predicted octanol–water partition coefficient (Wildman–Crippen LogP) is 4.37. The number of benzene rings is 1. The summed E-state index contributed by atoms with van der Waals surface area (Å²) < 4.78 is 2.26. The third kappa shape index (κ3) is 2.16. The lowest BCUT2D eigenvalue weighted by atomic mass is 10.1. The molecular weight excluding hydrogens is 270 g/mol. The fraction of sp³-hybridized carbons (Fsp3) is 0.375. The Morgan fingerprint density at radius 2 is 2.05 bits per heavy atom. The maximum Gasteiger partial charge on any atom is 0.124 e. The minimum absolute atomic E-state index is 0.430. The summed E-state index contributed by atoms with van der Waals surface area (Å²) in [5, 5.41) is 1.15. The van der Waals surface area contributed by atoms with Crippen LogP contribution in [0.2, 0.25) is 0 Å². The lowest BCUT2D eigenvalue weighted by Crippen LogP contribution is -2.09. The smallest absolute Gasteiger partial charge is 0.124 e. The van der Waals surface area contributed by atoms with Gasteiger partial charge in [0.25, 0.3) is 0 Å². The SMILES string of the molecule is CCC(C)Cn1c(CCl)nc2cnc3ccccc3c21. The molecule has 0 aliphatic carbocycles. The number of aromatic nitrogens is 3. The normalized spacial score (nSPS) is 13.2. The zero-order chi connectivity index (χ0) is 14.1. The number of alkyl halides is 1. The molecule has 2 heterocycles. The van der Waals surface area contributed by atoms with E-state index in [1.54, 1.807) is 0 Å². The van der Waals surface area contributed by atoms with Crippen LogP contribution in [0.5, 0.6) is 0 Å². The lowest BCUT2D eigenvalue weighted by molar-refractivity contribution is 0.469. The van der Waals surface area contributed by atoms with Crippen molar-refractivity contribution < 1.29 is 0 Å². The summed E-state index contributed by atoms with van der Waals surface area (Å²) in [5.41, 5.74) is 3.10. The van der Waals surface area contributed by atoms with Gasteiger partial charge in [-0.15, -0.1) is 11.6 Å². The molecule has 1 aromatic carbocycles. The largest absolute Gasteiger partial charge is 0.326 e. The maximum absolute atomic E-state index is 6.08. The number of nitrogens with zero attached hydrogens (tertiary/aromatic N) is 3. The van der Waals surface area contributed by atoms with E-state index in [2.05, 4.69) is 34.4 Å². The fourth-order valence-electron chi connectivity index (χ4n) is 2.55. The van der Waals surface area contributed by atoms with Gasteiger partial charge in [-0.3, -0.25) is 4.98 Å². The third-order valence-electron chi connectivity index (χ3n) is 3.87. The van der Waals surface area contributed by atoms with Gasteiger partial charge in [-0.25, -0.2) is 4.98 Å². The Bertz CT molecular complexity index is 748. The maximum atomic E-state index is 6.08. The Morgan fingerprint density at radius 1 is 1.25 bits per heavy atom. The van der Waals surface area contributed by atoms with Gasteiger partial charge >= 0.3 is 0 Å². The summed E-state index contributed by atoms with van der Waals surface area (Å²) in [6.07, 6.45) is 2.99. The highest BCUT2D eigenvalue weighted by Crippen LogP contribution is 2.26. The average molecular weight is 288 g/mol. The lowest BCUT2D eigenvalue weighted by Gasteiger charge is -2.13. The number of hydrogen-bond acceptors (Lipinski definition) is 2. The van der Waals surface area contributed by atoms with Crippen LogP contribution in [0.4, 0.5) is 0 Å². The van der Waals surface area contributed by atoms with Gasteiger partial charge in [0.15, 0.2) is 0 Å². The first-order valence-corrected chi connectivity index (χ1v) is 7.56. The first-order valence-electron chi connectivity index (χ1n) is 7.03. The molecule has 1 atom stereocenters. The zero-order valence-electron chi connectivity index (χ0n) is 11.8. The second kappa shape index (κ2) is 5.41. The van der Waals surface area contributed by atoms with Crippen LogP contribution in [0.3, 0.4) is 0 Å². The Labute approximate surface area is 123 Å². The van der Waals surface area contributed by atoms with Crippen LogP contribution in [0.15, 0.2) is 30.5 Å². The number of rotatable bonds is 4. The monoisotopic (exact) mass is 287 g/mol. The van der Waals surface area contributed by atoms with E-state index in [-0.39, 0.29) is 0 Å². The van der Waals surface area contributed by atoms with Crippen LogP contribution in [0.25, 0.3) is 21.9 Å². The molecule has 0 fully saturated rings. The number of hydrogen-bond donors (Lipinski definition) is 0. The summed E-state index contributed by atoms with van der Waals surface area (Å²) >= 11 is 6.08. The van der Waals surface area contributed by atoms with Gasteiger partial charge in [0, 0.05) is 11.9 Å². The van der Waals surface area contributed by atoms with Gasteiger partial charge in [-0.1, -0.05) is 38.5 Å². The van der Waals surface area contributed by atoms with Crippen LogP contribution in [-0.4, -0.2) is 14.5 Å². The van der Waals surface area contributed by atoms with Crippen LogP contribution < -0.4 is 0 Å². The summed E-state index contributed by atoms with van der Waals surface area (Å²) in [7, 11) is 0. The van der Waals surface area contributed by atoms with Gasteiger partial charge in [0.05, 0.1) is 23.1 Å². The highest BCUT2D eigenvalue weighted by atomic mass is 35.5. The van der Waals surface area contributed by atoms with E-state index in [0.29, 0.717) is 11.8 Å². The molecule has 0 saturated carbocycles. The van der Waals surface area contributed by atoms with Crippen LogP contribution in [0, 0.1) is 5.92 Å². The van der Waals surface area contributed by atoms with E-state index in [0.717, 1.165) is 40.7 Å². The molecule has 2 aromatic heterocycles.